The first-order valence-electron chi connectivity index (χ1n) is 15.2. The number of unbranched alkanes of at least 4 members (excludes halogenated alkanes) is 17. The molecule has 1 N–H and O–H groups in total. The molecule has 0 heterocycles. The van der Waals surface area contributed by atoms with Gasteiger partial charge in [-0.25, -0.2) is 0 Å². The van der Waals surface area contributed by atoms with Crippen molar-refractivity contribution >= 4 is 7.60 Å². The molecule has 0 bridgehead atoms. The molecule has 0 fully saturated rings. The van der Waals surface area contributed by atoms with Crippen molar-refractivity contribution in [2.75, 3.05) is 27.7 Å². The Balaban J connectivity index is 3.48. The highest BCUT2D eigenvalue weighted by Crippen LogP contribution is 2.51. The molecule has 0 spiro atoms. The average Bonchev–Trinajstić information content (AvgIpc) is 2.80. The summed E-state index contributed by atoms with van der Waals surface area (Å²) < 4.78 is 18.6. The number of allylic oxidation sites excluding steroid dienone is 2. The monoisotopic (exact) mass is 516 g/mol. The van der Waals surface area contributed by atoms with E-state index in [0.717, 1.165) is 19.3 Å². The zero-order valence-corrected chi connectivity index (χ0v) is 25.3. The molecule has 210 valence electrons. The van der Waals surface area contributed by atoms with Crippen molar-refractivity contribution in [3.05, 3.63) is 12.2 Å². The molecule has 0 aromatic carbocycles. The summed E-state index contributed by atoms with van der Waals surface area (Å²) in [5, 5.41) is 0. The van der Waals surface area contributed by atoms with Crippen molar-refractivity contribution in [3.8, 4) is 0 Å². The Labute approximate surface area is 220 Å². The number of rotatable bonds is 26. The molecule has 0 aliphatic carbocycles. The van der Waals surface area contributed by atoms with Gasteiger partial charge < -0.3 is 13.9 Å². The quantitative estimate of drug-likeness (QED) is 0.0538. The first-order valence-corrected chi connectivity index (χ1v) is 16.8. The standard InChI is InChI=1S/C30H62NO3P/c1-6-8-9-10-11-12-13-14-15-16-17-18-19-20-21-22-23-24-25-26-27-29-34-35(32,33)30(28-7-2)31(3,4)5/h18-19,30H,6-17,20-29H2,1-5H3/p+1. The maximum Gasteiger partial charge on any atom is 0.385 e. The molecule has 2 unspecified atom stereocenters. The molecular formula is C30H63NO3P+. The number of hydrogen-bond donors (Lipinski definition) is 1. The first-order chi connectivity index (χ1) is 16.8. The molecular weight excluding hydrogens is 453 g/mol. The molecule has 0 radical (unpaired) electrons. The third kappa shape index (κ3) is 21.6. The molecule has 0 amide bonds. The van der Waals surface area contributed by atoms with Gasteiger partial charge in [0.05, 0.1) is 27.7 Å². The molecule has 0 aliphatic rings. The van der Waals surface area contributed by atoms with Crippen LogP contribution in [0.2, 0.25) is 0 Å². The second-order valence-corrected chi connectivity index (χ2v) is 13.5. The maximum atomic E-state index is 12.7. The Morgan fingerprint density at radius 1 is 0.657 bits per heavy atom. The van der Waals surface area contributed by atoms with Crippen LogP contribution in [0.3, 0.4) is 0 Å². The van der Waals surface area contributed by atoms with Gasteiger partial charge in [-0.05, 0) is 38.5 Å². The van der Waals surface area contributed by atoms with Crippen LogP contribution in [0.4, 0.5) is 0 Å². The van der Waals surface area contributed by atoms with E-state index in [4.69, 9.17) is 4.52 Å². The summed E-state index contributed by atoms with van der Waals surface area (Å²) in [6.07, 6.45) is 31.3. The van der Waals surface area contributed by atoms with Gasteiger partial charge in [0.1, 0.15) is 0 Å². The van der Waals surface area contributed by atoms with Crippen LogP contribution in [-0.2, 0) is 9.09 Å². The smallest absolute Gasteiger partial charge is 0.320 e. The number of quaternary nitrogens is 1. The Hall–Kier alpha value is -0.150. The van der Waals surface area contributed by atoms with E-state index in [1.54, 1.807) is 0 Å². The van der Waals surface area contributed by atoms with E-state index in [9.17, 15) is 9.46 Å². The zero-order valence-electron chi connectivity index (χ0n) is 24.4. The molecule has 0 aliphatic heterocycles. The number of hydrogen-bond acceptors (Lipinski definition) is 2. The van der Waals surface area contributed by atoms with Gasteiger partial charge in [0, 0.05) is 6.42 Å². The van der Waals surface area contributed by atoms with Crippen LogP contribution in [0.25, 0.3) is 0 Å². The topological polar surface area (TPSA) is 46.5 Å². The highest BCUT2D eigenvalue weighted by Gasteiger charge is 2.41. The molecule has 0 aromatic heterocycles. The average molecular weight is 517 g/mol. The van der Waals surface area contributed by atoms with Crippen LogP contribution in [-0.4, -0.2) is 42.9 Å². The molecule has 5 heteroatoms. The molecule has 0 saturated carbocycles. The third-order valence-electron chi connectivity index (χ3n) is 7.00. The van der Waals surface area contributed by atoms with Gasteiger partial charge in [0.25, 0.3) is 0 Å². The van der Waals surface area contributed by atoms with Crippen molar-refractivity contribution in [3.63, 3.8) is 0 Å². The van der Waals surface area contributed by atoms with Gasteiger partial charge in [-0.15, -0.1) is 0 Å². The van der Waals surface area contributed by atoms with Crippen LogP contribution in [0.1, 0.15) is 149 Å². The van der Waals surface area contributed by atoms with E-state index in [1.165, 1.54) is 109 Å². The lowest BCUT2D eigenvalue weighted by atomic mass is 10.1. The second kappa shape index (κ2) is 23.0. The van der Waals surface area contributed by atoms with Gasteiger partial charge in [-0.1, -0.05) is 116 Å². The summed E-state index contributed by atoms with van der Waals surface area (Å²) >= 11 is 0. The van der Waals surface area contributed by atoms with Crippen molar-refractivity contribution in [1.29, 1.82) is 0 Å². The van der Waals surface area contributed by atoms with Crippen LogP contribution in [0, 0.1) is 0 Å². The highest BCUT2D eigenvalue weighted by molar-refractivity contribution is 7.53. The molecule has 2 atom stereocenters. The number of nitrogens with zero attached hydrogens (tertiary/aromatic N) is 1. The van der Waals surface area contributed by atoms with E-state index in [-0.39, 0.29) is 5.78 Å². The van der Waals surface area contributed by atoms with Gasteiger partial charge in [0.15, 0.2) is 5.78 Å². The Bertz CT molecular complexity index is 530. The van der Waals surface area contributed by atoms with Crippen LogP contribution >= 0.6 is 7.60 Å². The van der Waals surface area contributed by atoms with E-state index in [1.807, 2.05) is 21.1 Å². The van der Waals surface area contributed by atoms with Crippen LogP contribution in [0.15, 0.2) is 12.2 Å². The van der Waals surface area contributed by atoms with E-state index in [2.05, 4.69) is 26.0 Å². The molecule has 35 heavy (non-hydrogen) atoms. The van der Waals surface area contributed by atoms with Crippen molar-refractivity contribution < 1.29 is 18.5 Å². The summed E-state index contributed by atoms with van der Waals surface area (Å²) in [6, 6.07) is 0. The Morgan fingerprint density at radius 3 is 1.46 bits per heavy atom. The minimum atomic E-state index is -3.57. The normalized spacial score (nSPS) is 15.0. The fourth-order valence-electron chi connectivity index (χ4n) is 4.76. The molecule has 0 saturated heterocycles. The lowest BCUT2D eigenvalue weighted by molar-refractivity contribution is -0.883. The predicted octanol–water partition coefficient (Wildman–Crippen LogP) is 10.0. The Morgan fingerprint density at radius 2 is 1.06 bits per heavy atom. The van der Waals surface area contributed by atoms with E-state index < -0.39 is 7.60 Å². The molecule has 0 rings (SSSR count). The van der Waals surface area contributed by atoms with Crippen molar-refractivity contribution in [1.82, 2.24) is 0 Å². The van der Waals surface area contributed by atoms with Crippen LogP contribution < -0.4 is 0 Å². The van der Waals surface area contributed by atoms with Gasteiger partial charge in [0.2, 0.25) is 0 Å². The fraction of sp³-hybridized carbons (Fsp3) is 0.933. The Kier molecular flexibility index (Phi) is 22.9. The second-order valence-electron chi connectivity index (χ2n) is 11.5. The largest absolute Gasteiger partial charge is 0.385 e. The van der Waals surface area contributed by atoms with Crippen LogP contribution in [0.5, 0.6) is 0 Å². The lowest BCUT2D eigenvalue weighted by Gasteiger charge is -2.35. The zero-order chi connectivity index (χ0) is 26.3. The third-order valence-corrected chi connectivity index (χ3v) is 9.26. The maximum absolute atomic E-state index is 12.7. The van der Waals surface area contributed by atoms with E-state index in [0.29, 0.717) is 17.5 Å². The summed E-state index contributed by atoms with van der Waals surface area (Å²) in [5.41, 5.74) is 0. The molecule has 4 nitrogen and oxygen atoms in total. The predicted molar refractivity (Wildman–Crippen MR) is 155 cm³/mol. The van der Waals surface area contributed by atoms with Gasteiger partial charge in [-0.2, -0.15) is 0 Å². The summed E-state index contributed by atoms with van der Waals surface area (Å²) in [4.78, 5) is 10.4. The SMILES string of the molecule is CCCCCCCCCCCCC=CCCCCCCCCCOP(=O)(O)C(CCC)[N+](C)(C)C. The fourth-order valence-corrected chi connectivity index (χ4v) is 6.78. The first kappa shape index (κ1) is 34.9. The lowest BCUT2D eigenvalue weighted by Crippen LogP contribution is -2.45. The van der Waals surface area contributed by atoms with Gasteiger partial charge >= 0.3 is 7.60 Å². The minimum Gasteiger partial charge on any atom is -0.320 e. The highest BCUT2D eigenvalue weighted by atomic mass is 31.2. The summed E-state index contributed by atoms with van der Waals surface area (Å²) in [6.45, 7) is 4.74. The van der Waals surface area contributed by atoms with Gasteiger partial charge in [-0.3, -0.25) is 4.57 Å². The van der Waals surface area contributed by atoms with Crippen molar-refractivity contribution in [2.45, 2.75) is 154 Å². The van der Waals surface area contributed by atoms with E-state index >= 15 is 0 Å². The minimum absolute atomic E-state index is 0.337. The summed E-state index contributed by atoms with van der Waals surface area (Å²) in [5.74, 6) is -0.337. The molecule has 0 aromatic rings. The van der Waals surface area contributed by atoms with Crippen molar-refractivity contribution in [2.24, 2.45) is 0 Å². The summed E-state index contributed by atoms with van der Waals surface area (Å²) in [7, 11) is 2.35.